The van der Waals surface area contributed by atoms with Crippen LogP contribution in [0.5, 0.6) is 0 Å². The number of rotatable bonds is 0. The molecule has 0 aliphatic rings. The molecule has 0 aliphatic heterocycles. The first kappa shape index (κ1) is 19.8. The van der Waals surface area contributed by atoms with E-state index in [1.807, 2.05) is 84.0 Å². The van der Waals surface area contributed by atoms with Crippen LogP contribution in [0, 0.1) is 13.8 Å². The van der Waals surface area contributed by atoms with Gasteiger partial charge in [-0.2, -0.15) is 0 Å². The molecule has 128 valence electrons. The molecule has 0 saturated carbocycles. The predicted octanol–water partition coefficient (Wildman–Crippen LogP) is 6.79. The van der Waals surface area contributed by atoms with E-state index in [1.54, 1.807) is 11.3 Å². The topological polar surface area (TPSA) is 38.9 Å². The average molecular weight is 343 g/mol. The van der Waals surface area contributed by atoms with Gasteiger partial charge in [0, 0.05) is 6.92 Å². The monoisotopic (exact) mass is 342 g/mol. The smallest absolute Gasteiger partial charge is 0.192 e. The van der Waals surface area contributed by atoms with Crippen molar-refractivity contribution in [3.63, 3.8) is 0 Å². The quantitative estimate of drug-likeness (QED) is 0.353. The summed E-state index contributed by atoms with van der Waals surface area (Å²) in [7, 11) is 0. The molecule has 0 unspecified atom stereocenters. The lowest BCUT2D eigenvalue weighted by Crippen LogP contribution is -1.65. The molecule has 2 aromatic carbocycles. The molecule has 24 heavy (non-hydrogen) atoms. The molecular weight excluding hydrogens is 316 g/mol. The number of oxazole rings is 1. The first-order valence-electron chi connectivity index (χ1n) is 8.37. The van der Waals surface area contributed by atoms with E-state index in [-0.39, 0.29) is 0 Å². The second-order valence-electron chi connectivity index (χ2n) is 4.40. The third-order valence-electron chi connectivity index (χ3n) is 2.80. The number of benzene rings is 2. The van der Waals surface area contributed by atoms with Crippen LogP contribution in [0.3, 0.4) is 0 Å². The molecule has 3 nitrogen and oxygen atoms in total. The van der Waals surface area contributed by atoms with Crippen LogP contribution in [-0.2, 0) is 0 Å². The summed E-state index contributed by atoms with van der Waals surface area (Å²) in [6.07, 6.45) is 0. The van der Waals surface area contributed by atoms with Crippen LogP contribution in [0.15, 0.2) is 52.9 Å². The van der Waals surface area contributed by atoms with Gasteiger partial charge in [-0.25, -0.2) is 9.97 Å². The second kappa shape index (κ2) is 10.6. The zero-order valence-electron chi connectivity index (χ0n) is 15.3. The van der Waals surface area contributed by atoms with Crippen molar-refractivity contribution in [3.8, 4) is 0 Å². The van der Waals surface area contributed by atoms with Crippen LogP contribution in [-0.4, -0.2) is 9.97 Å². The van der Waals surface area contributed by atoms with Gasteiger partial charge >= 0.3 is 0 Å². The zero-order chi connectivity index (χ0) is 17.9. The van der Waals surface area contributed by atoms with E-state index in [2.05, 4.69) is 16.0 Å². The first-order chi connectivity index (χ1) is 11.7. The van der Waals surface area contributed by atoms with E-state index in [0.717, 1.165) is 27.5 Å². The highest BCUT2D eigenvalue weighted by Crippen LogP contribution is 2.19. The van der Waals surface area contributed by atoms with Crippen molar-refractivity contribution >= 4 is 32.7 Å². The van der Waals surface area contributed by atoms with E-state index in [1.165, 1.54) is 4.70 Å². The molecular formula is C20H26N2OS. The number of nitrogens with zero attached hydrogens (tertiary/aromatic N) is 2. The minimum Gasteiger partial charge on any atom is -0.441 e. The Bertz CT molecular complexity index is 711. The molecule has 2 aromatic heterocycles. The van der Waals surface area contributed by atoms with Crippen molar-refractivity contribution < 1.29 is 4.42 Å². The summed E-state index contributed by atoms with van der Waals surface area (Å²) in [6, 6.07) is 15.9. The lowest BCUT2D eigenvalue weighted by Gasteiger charge is -1.80. The number of thiazole rings is 1. The van der Waals surface area contributed by atoms with Crippen LogP contribution in [0.1, 0.15) is 38.6 Å². The molecule has 0 bridgehead atoms. The van der Waals surface area contributed by atoms with Crippen molar-refractivity contribution in [1.29, 1.82) is 0 Å². The maximum Gasteiger partial charge on any atom is 0.192 e. The predicted molar refractivity (Wildman–Crippen MR) is 106 cm³/mol. The van der Waals surface area contributed by atoms with E-state index < -0.39 is 0 Å². The lowest BCUT2D eigenvalue weighted by molar-refractivity contribution is 0.561. The summed E-state index contributed by atoms with van der Waals surface area (Å²) in [5.74, 6) is 0.723. The Morgan fingerprint density at radius 3 is 1.96 bits per heavy atom. The van der Waals surface area contributed by atoms with E-state index in [4.69, 9.17) is 4.42 Å². The number of hydrogen-bond acceptors (Lipinski definition) is 4. The Labute approximate surface area is 148 Å². The Hall–Kier alpha value is -2.20. The van der Waals surface area contributed by atoms with Crippen LogP contribution in [0.2, 0.25) is 0 Å². The summed E-state index contributed by atoms with van der Waals surface area (Å²) in [5.41, 5.74) is 2.91. The summed E-state index contributed by atoms with van der Waals surface area (Å²) in [6.45, 7) is 11.9. The van der Waals surface area contributed by atoms with Crippen LogP contribution in [0.4, 0.5) is 0 Å². The van der Waals surface area contributed by atoms with E-state index >= 15 is 0 Å². The van der Waals surface area contributed by atoms with Crippen molar-refractivity contribution in [2.45, 2.75) is 41.5 Å². The molecule has 0 fully saturated rings. The van der Waals surface area contributed by atoms with Gasteiger partial charge in [-0.3, -0.25) is 0 Å². The molecule has 0 radical (unpaired) electrons. The van der Waals surface area contributed by atoms with Gasteiger partial charge in [0.2, 0.25) is 0 Å². The molecule has 0 amide bonds. The van der Waals surface area contributed by atoms with Gasteiger partial charge in [-0.05, 0) is 31.2 Å². The minimum atomic E-state index is 0.723. The Balaban J connectivity index is 0.000000199. The van der Waals surface area contributed by atoms with Gasteiger partial charge < -0.3 is 4.42 Å². The second-order valence-corrected chi connectivity index (χ2v) is 5.64. The molecule has 4 rings (SSSR count). The van der Waals surface area contributed by atoms with Crippen LogP contribution < -0.4 is 0 Å². The molecule has 0 saturated heterocycles. The van der Waals surface area contributed by atoms with E-state index in [9.17, 15) is 0 Å². The largest absolute Gasteiger partial charge is 0.441 e. The summed E-state index contributed by atoms with van der Waals surface area (Å²) >= 11 is 1.74. The molecule has 0 N–H and O–H groups in total. The molecule has 0 aliphatic carbocycles. The fourth-order valence-corrected chi connectivity index (χ4v) is 2.80. The van der Waals surface area contributed by atoms with Crippen LogP contribution in [0.25, 0.3) is 21.3 Å². The fourth-order valence-electron chi connectivity index (χ4n) is 1.97. The SMILES string of the molecule is CC.CC.Cc1nc2ccccc2o1.Cc1nc2ccccc2s1. The standard InChI is InChI=1S/C8H7NO.C8H7NS.2C2H6/c2*1-6-9-7-4-2-3-5-8(7)10-6;2*1-2/h2*2-5H,1H3;2*1-2H3. The Morgan fingerprint density at radius 1 is 0.750 bits per heavy atom. The number of hydrogen-bond donors (Lipinski definition) is 0. The van der Waals surface area contributed by atoms with Gasteiger partial charge in [0.05, 0.1) is 15.2 Å². The average Bonchev–Trinajstić information content (AvgIpc) is 3.19. The third-order valence-corrected chi connectivity index (χ3v) is 3.75. The van der Waals surface area contributed by atoms with Crippen molar-refractivity contribution in [2.75, 3.05) is 0 Å². The van der Waals surface area contributed by atoms with Gasteiger partial charge in [-0.1, -0.05) is 52.0 Å². The van der Waals surface area contributed by atoms with Gasteiger partial charge in [0.1, 0.15) is 5.52 Å². The molecule has 4 aromatic rings. The third kappa shape index (κ3) is 5.46. The van der Waals surface area contributed by atoms with Crippen molar-refractivity contribution in [3.05, 3.63) is 59.4 Å². The van der Waals surface area contributed by atoms with E-state index in [0.29, 0.717) is 0 Å². The van der Waals surface area contributed by atoms with Crippen LogP contribution >= 0.6 is 11.3 Å². The first-order valence-corrected chi connectivity index (χ1v) is 9.18. The maximum atomic E-state index is 5.26. The minimum absolute atomic E-state index is 0.723. The number of fused-ring (bicyclic) bond motifs is 2. The number of aromatic nitrogens is 2. The zero-order valence-corrected chi connectivity index (χ0v) is 16.1. The van der Waals surface area contributed by atoms with Crippen molar-refractivity contribution in [1.82, 2.24) is 9.97 Å². The highest BCUT2D eigenvalue weighted by atomic mass is 32.1. The molecule has 0 atom stereocenters. The number of aryl methyl sites for hydroxylation is 2. The normalized spacial score (nSPS) is 9.25. The molecule has 2 heterocycles. The van der Waals surface area contributed by atoms with Gasteiger partial charge in [0.15, 0.2) is 11.5 Å². The maximum absolute atomic E-state index is 5.26. The molecule has 0 spiro atoms. The summed E-state index contributed by atoms with van der Waals surface area (Å²) in [4.78, 5) is 8.48. The van der Waals surface area contributed by atoms with Gasteiger partial charge in [0.25, 0.3) is 0 Å². The Kier molecular flexibility index (Phi) is 8.72. The Morgan fingerprint density at radius 2 is 1.33 bits per heavy atom. The molecule has 4 heteroatoms. The lowest BCUT2D eigenvalue weighted by atomic mass is 10.3. The highest BCUT2D eigenvalue weighted by molar-refractivity contribution is 7.18. The summed E-state index contributed by atoms with van der Waals surface area (Å²) < 4.78 is 6.53. The van der Waals surface area contributed by atoms with Crippen molar-refractivity contribution in [2.24, 2.45) is 0 Å². The number of para-hydroxylation sites is 3. The highest BCUT2D eigenvalue weighted by Gasteiger charge is 1.97. The summed E-state index contributed by atoms with van der Waals surface area (Å²) in [5, 5.41) is 1.14. The van der Waals surface area contributed by atoms with Gasteiger partial charge in [-0.15, -0.1) is 11.3 Å². The fraction of sp³-hybridized carbons (Fsp3) is 0.300.